The molecule has 0 saturated carbocycles. The summed E-state index contributed by atoms with van der Waals surface area (Å²) >= 11 is 1.65. The third kappa shape index (κ3) is 3.06. The summed E-state index contributed by atoms with van der Waals surface area (Å²) < 4.78 is 0. The van der Waals surface area contributed by atoms with Crippen molar-refractivity contribution in [1.82, 2.24) is 5.32 Å². The fourth-order valence-corrected chi connectivity index (χ4v) is 3.43. The number of aliphatic hydroxyl groups excluding tert-OH is 1. The lowest BCUT2D eigenvalue weighted by Crippen LogP contribution is -2.32. The number of hydrogen-bond donors (Lipinski definition) is 2. The second-order valence-corrected chi connectivity index (χ2v) is 6.56. The number of benzene rings is 1. The van der Waals surface area contributed by atoms with Crippen molar-refractivity contribution >= 4 is 23.3 Å². The van der Waals surface area contributed by atoms with Crippen LogP contribution < -0.4 is 5.32 Å². The largest absolute Gasteiger partial charge is 0.390 e. The van der Waals surface area contributed by atoms with Crippen molar-refractivity contribution in [1.29, 1.82) is 0 Å². The summed E-state index contributed by atoms with van der Waals surface area (Å²) in [4.78, 5) is 14.3. The number of nitrogens with one attached hydrogen (secondary N) is 1. The van der Waals surface area contributed by atoms with Gasteiger partial charge in [-0.25, -0.2) is 0 Å². The van der Waals surface area contributed by atoms with E-state index in [-0.39, 0.29) is 11.9 Å². The van der Waals surface area contributed by atoms with Crippen molar-refractivity contribution < 1.29 is 9.90 Å². The Kier molecular flexibility index (Phi) is 3.90. The Labute approximate surface area is 127 Å². The molecule has 1 aliphatic carbocycles. The van der Waals surface area contributed by atoms with Crippen LogP contribution in [0.25, 0.3) is 6.08 Å². The zero-order chi connectivity index (χ0) is 14.8. The van der Waals surface area contributed by atoms with E-state index in [1.165, 1.54) is 11.0 Å². The summed E-state index contributed by atoms with van der Waals surface area (Å²) in [5.41, 5.74) is 2.12. The van der Waals surface area contributed by atoms with E-state index in [0.29, 0.717) is 6.42 Å². The van der Waals surface area contributed by atoms with Crippen molar-refractivity contribution in [3.8, 4) is 0 Å². The number of aliphatic hydroxyl groups is 1. The molecule has 1 aromatic carbocycles. The van der Waals surface area contributed by atoms with E-state index in [0.717, 1.165) is 16.0 Å². The van der Waals surface area contributed by atoms with Gasteiger partial charge in [0, 0.05) is 22.3 Å². The van der Waals surface area contributed by atoms with Gasteiger partial charge in [0.1, 0.15) is 0 Å². The molecule has 1 aromatic heterocycles. The molecule has 2 aromatic rings. The lowest BCUT2D eigenvalue weighted by atomic mass is 10.1. The molecule has 0 fully saturated rings. The van der Waals surface area contributed by atoms with Crippen LogP contribution in [0.15, 0.2) is 42.5 Å². The molecule has 3 nitrogen and oxygen atoms in total. The predicted octanol–water partition coefficient (Wildman–Crippen LogP) is 2.84. The molecule has 0 unspecified atom stereocenters. The number of hydrogen-bond acceptors (Lipinski definition) is 3. The minimum absolute atomic E-state index is 0.179. The van der Waals surface area contributed by atoms with Crippen LogP contribution in [-0.2, 0) is 11.2 Å². The molecule has 21 heavy (non-hydrogen) atoms. The van der Waals surface area contributed by atoms with E-state index in [1.54, 1.807) is 17.4 Å². The highest BCUT2D eigenvalue weighted by atomic mass is 32.1. The molecule has 0 spiro atoms. The van der Waals surface area contributed by atoms with E-state index in [9.17, 15) is 9.90 Å². The Morgan fingerprint density at radius 3 is 2.90 bits per heavy atom. The lowest BCUT2D eigenvalue weighted by molar-refractivity contribution is -0.117. The van der Waals surface area contributed by atoms with Crippen LogP contribution in [-0.4, -0.2) is 17.1 Å². The van der Waals surface area contributed by atoms with Crippen LogP contribution in [0.3, 0.4) is 0 Å². The quantitative estimate of drug-likeness (QED) is 0.856. The molecule has 0 saturated heterocycles. The van der Waals surface area contributed by atoms with Crippen molar-refractivity contribution in [2.75, 3.05) is 0 Å². The Morgan fingerprint density at radius 2 is 2.14 bits per heavy atom. The summed E-state index contributed by atoms with van der Waals surface area (Å²) in [5, 5.41) is 13.0. The van der Waals surface area contributed by atoms with Gasteiger partial charge in [-0.3, -0.25) is 4.79 Å². The number of fused-ring (bicyclic) bond motifs is 1. The monoisotopic (exact) mass is 299 g/mol. The second-order valence-electron chi connectivity index (χ2n) is 5.24. The molecular weight excluding hydrogens is 282 g/mol. The lowest BCUT2D eigenvalue weighted by Gasteiger charge is -2.16. The number of carbonyl (C=O) groups excluding carboxylic acids is 1. The van der Waals surface area contributed by atoms with Gasteiger partial charge in [0.2, 0.25) is 5.91 Å². The third-order valence-corrected chi connectivity index (χ3v) is 4.63. The maximum absolute atomic E-state index is 12.0. The first-order chi connectivity index (χ1) is 10.1. The van der Waals surface area contributed by atoms with Crippen molar-refractivity contribution in [2.45, 2.75) is 25.5 Å². The van der Waals surface area contributed by atoms with Crippen molar-refractivity contribution in [3.05, 3.63) is 63.4 Å². The minimum Gasteiger partial charge on any atom is -0.390 e. The average molecular weight is 299 g/mol. The van der Waals surface area contributed by atoms with Crippen molar-refractivity contribution in [3.63, 3.8) is 0 Å². The molecule has 0 aliphatic heterocycles. The van der Waals surface area contributed by atoms with Crippen LogP contribution in [0, 0.1) is 6.92 Å². The predicted molar refractivity (Wildman–Crippen MR) is 85.1 cm³/mol. The Balaban J connectivity index is 1.69. The molecule has 1 amide bonds. The fraction of sp³-hybridized carbons (Fsp3) is 0.235. The molecule has 1 aliphatic rings. The molecule has 1 heterocycles. The van der Waals surface area contributed by atoms with E-state index in [4.69, 9.17) is 0 Å². The zero-order valence-electron chi connectivity index (χ0n) is 11.7. The first kappa shape index (κ1) is 14.0. The van der Waals surface area contributed by atoms with E-state index in [1.807, 2.05) is 43.3 Å². The number of rotatable bonds is 3. The molecule has 4 heteroatoms. The molecule has 3 rings (SSSR count). The molecule has 0 radical (unpaired) electrons. The van der Waals surface area contributed by atoms with E-state index < -0.39 is 6.10 Å². The van der Waals surface area contributed by atoms with Gasteiger partial charge in [-0.1, -0.05) is 24.3 Å². The van der Waals surface area contributed by atoms with Crippen LogP contribution in [0.5, 0.6) is 0 Å². The highest BCUT2D eigenvalue weighted by Crippen LogP contribution is 2.31. The summed E-state index contributed by atoms with van der Waals surface area (Å²) in [6.07, 6.45) is 3.37. The van der Waals surface area contributed by atoms with E-state index in [2.05, 4.69) is 5.32 Å². The summed E-state index contributed by atoms with van der Waals surface area (Å²) in [7, 11) is 0. The fourth-order valence-electron chi connectivity index (χ4n) is 2.65. The van der Waals surface area contributed by atoms with Crippen LogP contribution in [0.2, 0.25) is 0 Å². The van der Waals surface area contributed by atoms with Gasteiger partial charge in [0.25, 0.3) is 0 Å². The van der Waals surface area contributed by atoms with E-state index >= 15 is 0 Å². The summed E-state index contributed by atoms with van der Waals surface area (Å²) in [6.45, 7) is 2.04. The topological polar surface area (TPSA) is 49.3 Å². The number of amides is 1. The molecule has 2 atom stereocenters. The zero-order valence-corrected chi connectivity index (χ0v) is 12.6. The maximum atomic E-state index is 12.0. The van der Waals surface area contributed by atoms with Crippen LogP contribution in [0.1, 0.15) is 26.9 Å². The van der Waals surface area contributed by atoms with Crippen LogP contribution in [0.4, 0.5) is 0 Å². The normalized spacial score (nSPS) is 20.7. The number of carbonyl (C=O) groups is 1. The summed E-state index contributed by atoms with van der Waals surface area (Å²) in [5.74, 6) is -0.179. The maximum Gasteiger partial charge on any atom is 0.244 e. The number of aryl methyl sites for hydroxylation is 1. The smallest absolute Gasteiger partial charge is 0.244 e. The average Bonchev–Trinajstić information content (AvgIpc) is 3.01. The first-order valence-electron chi connectivity index (χ1n) is 6.94. The Hall–Kier alpha value is -1.91. The Morgan fingerprint density at radius 1 is 1.33 bits per heavy atom. The molecule has 0 bridgehead atoms. The molecular formula is C17H17NO2S. The minimum atomic E-state index is -0.552. The summed E-state index contributed by atoms with van der Waals surface area (Å²) in [6, 6.07) is 11.5. The highest BCUT2D eigenvalue weighted by Gasteiger charge is 2.31. The number of thiophene rings is 1. The van der Waals surface area contributed by atoms with Gasteiger partial charge in [0.15, 0.2) is 0 Å². The standard InChI is InChI=1S/C17H17NO2S/c1-11-6-7-13(21-11)8-9-16(20)18-17-14-5-3-2-4-12(14)10-15(17)19/h2-9,15,17,19H,10H2,1H3,(H,18,20)/b9-8+/t15-,17+/m0/s1. The highest BCUT2D eigenvalue weighted by molar-refractivity contribution is 7.12. The first-order valence-corrected chi connectivity index (χ1v) is 7.76. The SMILES string of the molecule is Cc1ccc(/C=C/C(=O)N[C@@H]2c3ccccc3C[C@@H]2O)s1. The van der Waals surface area contributed by atoms with Gasteiger partial charge in [-0.2, -0.15) is 0 Å². The van der Waals surface area contributed by atoms with Crippen molar-refractivity contribution in [2.24, 2.45) is 0 Å². The van der Waals surface area contributed by atoms with Gasteiger partial charge in [-0.15, -0.1) is 11.3 Å². The van der Waals surface area contributed by atoms with Gasteiger partial charge < -0.3 is 10.4 Å². The van der Waals surface area contributed by atoms with Gasteiger partial charge >= 0.3 is 0 Å². The molecule has 108 valence electrons. The third-order valence-electron chi connectivity index (χ3n) is 3.66. The van der Waals surface area contributed by atoms with Crippen LogP contribution >= 0.6 is 11.3 Å². The second kappa shape index (κ2) is 5.84. The van der Waals surface area contributed by atoms with Gasteiger partial charge in [0.05, 0.1) is 12.1 Å². The molecule has 2 N–H and O–H groups in total. The Bertz CT molecular complexity index is 690. The van der Waals surface area contributed by atoms with Gasteiger partial charge in [-0.05, 0) is 36.3 Å².